The van der Waals surface area contributed by atoms with E-state index in [0.29, 0.717) is 0 Å². The zero-order chi connectivity index (χ0) is 9.85. The number of aromatic nitrogens is 1. The average Bonchev–Trinajstić information content (AvgIpc) is 2.35. The van der Waals surface area contributed by atoms with Crippen molar-refractivity contribution in [2.24, 2.45) is 0 Å². The zero-order valence-electron chi connectivity index (χ0n) is 9.06. The van der Waals surface area contributed by atoms with E-state index in [0.717, 1.165) is 17.9 Å². The van der Waals surface area contributed by atoms with Crippen molar-refractivity contribution in [3.8, 4) is 0 Å². The van der Waals surface area contributed by atoms with Crippen LogP contribution in [0.2, 0.25) is 0 Å². The van der Waals surface area contributed by atoms with Gasteiger partial charge < -0.3 is 4.52 Å². The minimum atomic E-state index is 0.153. The van der Waals surface area contributed by atoms with Crippen LogP contribution in [0.1, 0.15) is 51.1 Å². The van der Waals surface area contributed by atoms with Crippen molar-refractivity contribution in [3.63, 3.8) is 0 Å². The van der Waals surface area contributed by atoms with Gasteiger partial charge in [0.05, 0.1) is 5.69 Å². The molecule has 1 aliphatic rings. The Bertz CT molecular complexity index is 347. The molecule has 0 radical (unpaired) electrons. The van der Waals surface area contributed by atoms with E-state index in [4.69, 9.17) is 4.52 Å². The molecule has 1 aromatic rings. The van der Waals surface area contributed by atoms with E-state index in [1.165, 1.54) is 5.56 Å². The summed E-state index contributed by atoms with van der Waals surface area (Å²) in [6.07, 6.45) is 1.15. The highest BCUT2D eigenvalue weighted by molar-refractivity contribution is 5.40. The van der Waals surface area contributed by atoms with Gasteiger partial charge in [-0.2, -0.15) is 0 Å². The Morgan fingerprint density at radius 2 is 1.77 bits per heavy atom. The van der Waals surface area contributed by atoms with Gasteiger partial charge in [0.2, 0.25) is 0 Å². The molecule has 13 heavy (non-hydrogen) atoms. The summed E-state index contributed by atoms with van der Waals surface area (Å²) in [5, 5.41) is 4.05. The highest BCUT2D eigenvalue weighted by atomic mass is 16.5. The molecule has 0 unspecified atom stereocenters. The molecule has 2 nitrogen and oxygen atoms in total. The summed E-state index contributed by atoms with van der Waals surface area (Å²) in [5.41, 5.74) is 2.77. The lowest BCUT2D eigenvalue weighted by atomic mass is 9.82. The van der Waals surface area contributed by atoms with Gasteiger partial charge in [0.15, 0.2) is 0 Å². The maximum Gasteiger partial charge on any atom is 0.146 e. The van der Waals surface area contributed by atoms with Crippen molar-refractivity contribution in [3.05, 3.63) is 17.0 Å². The summed E-state index contributed by atoms with van der Waals surface area (Å²) in [6, 6.07) is 0. The van der Waals surface area contributed by atoms with E-state index in [2.05, 4.69) is 32.9 Å². The third kappa shape index (κ3) is 1.04. The number of nitrogens with zero attached hydrogens (tertiary/aromatic N) is 1. The fourth-order valence-electron chi connectivity index (χ4n) is 2.90. The smallest absolute Gasteiger partial charge is 0.146 e. The van der Waals surface area contributed by atoms with Crippen molar-refractivity contribution in [1.29, 1.82) is 0 Å². The fraction of sp³-hybridized carbons (Fsp3) is 0.727. The molecular formula is C11H17NO. The lowest BCUT2D eigenvalue weighted by Gasteiger charge is -2.22. The van der Waals surface area contributed by atoms with Crippen molar-refractivity contribution >= 4 is 0 Å². The first-order valence-electron chi connectivity index (χ1n) is 4.82. The lowest BCUT2D eigenvalue weighted by molar-refractivity contribution is 0.299. The van der Waals surface area contributed by atoms with Crippen LogP contribution < -0.4 is 0 Å². The van der Waals surface area contributed by atoms with Crippen LogP contribution in [-0.4, -0.2) is 5.16 Å². The van der Waals surface area contributed by atoms with E-state index < -0.39 is 0 Å². The number of rotatable bonds is 0. The van der Waals surface area contributed by atoms with Crippen LogP contribution in [0, 0.1) is 6.92 Å². The van der Waals surface area contributed by atoms with Gasteiger partial charge in [0, 0.05) is 11.0 Å². The van der Waals surface area contributed by atoms with Gasteiger partial charge in [-0.05, 0) is 18.8 Å². The lowest BCUT2D eigenvalue weighted by Crippen LogP contribution is -2.19. The van der Waals surface area contributed by atoms with Gasteiger partial charge in [0.1, 0.15) is 5.76 Å². The normalized spacial score (nSPS) is 23.2. The summed E-state index contributed by atoms with van der Waals surface area (Å²) in [4.78, 5) is 0. The molecule has 0 fully saturated rings. The third-order valence-corrected chi connectivity index (χ3v) is 3.04. The molecule has 0 aromatic carbocycles. The Morgan fingerprint density at radius 3 is 2.31 bits per heavy atom. The number of hydrogen-bond donors (Lipinski definition) is 0. The van der Waals surface area contributed by atoms with E-state index in [1.807, 2.05) is 6.92 Å². The second kappa shape index (κ2) is 2.17. The summed E-state index contributed by atoms with van der Waals surface area (Å²) in [5.74, 6) is 1.09. The Kier molecular flexibility index (Phi) is 1.47. The van der Waals surface area contributed by atoms with E-state index in [9.17, 15) is 0 Å². The molecule has 2 rings (SSSR count). The number of hydrogen-bond acceptors (Lipinski definition) is 2. The van der Waals surface area contributed by atoms with Gasteiger partial charge in [-0.15, -0.1) is 0 Å². The fourth-order valence-corrected chi connectivity index (χ4v) is 2.90. The largest absolute Gasteiger partial charge is 0.360 e. The average molecular weight is 179 g/mol. The predicted octanol–water partition coefficient (Wildman–Crippen LogP) is 2.94. The van der Waals surface area contributed by atoms with Crippen LogP contribution in [0.25, 0.3) is 0 Å². The minimum absolute atomic E-state index is 0.153. The molecule has 0 aliphatic heterocycles. The third-order valence-electron chi connectivity index (χ3n) is 3.04. The molecular weight excluding hydrogens is 162 g/mol. The maximum absolute atomic E-state index is 5.41. The van der Waals surface area contributed by atoms with Crippen molar-refractivity contribution in [2.75, 3.05) is 0 Å². The molecule has 0 spiro atoms. The van der Waals surface area contributed by atoms with E-state index >= 15 is 0 Å². The number of aryl methyl sites for hydroxylation is 1. The van der Waals surface area contributed by atoms with Gasteiger partial charge in [-0.25, -0.2) is 0 Å². The molecule has 1 heterocycles. The molecule has 0 saturated heterocycles. The molecule has 1 aliphatic carbocycles. The highest BCUT2D eigenvalue weighted by Gasteiger charge is 2.46. The molecule has 0 N–H and O–H groups in total. The van der Waals surface area contributed by atoms with Gasteiger partial charge >= 0.3 is 0 Å². The van der Waals surface area contributed by atoms with Crippen molar-refractivity contribution in [2.45, 2.75) is 51.9 Å². The summed E-state index contributed by atoms with van der Waals surface area (Å²) >= 11 is 0. The molecule has 0 atom stereocenters. The SMILES string of the molecule is Cc1noc2c1C(C)(C)CC2(C)C. The summed E-state index contributed by atoms with van der Waals surface area (Å²) in [7, 11) is 0. The van der Waals surface area contributed by atoms with Crippen LogP contribution in [0.15, 0.2) is 4.52 Å². The Labute approximate surface area is 79.3 Å². The summed E-state index contributed by atoms with van der Waals surface area (Å²) < 4.78 is 5.41. The van der Waals surface area contributed by atoms with Gasteiger partial charge in [0.25, 0.3) is 0 Å². The molecule has 0 bridgehead atoms. The Morgan fingerprint density at radius 1 is 1.15 bits per heavy atom. The number of fused-ring (bicyclic) bond motifs is 1. The maximum atomic E-state index is 5.41. The minimum Gasteiger partial charge on any atom is -0.360 e. The molecule has 1 aromatic heterocycles. The molecule has 0 amide bonds. The Hall–Kier alpha value is -0.790. The van der Waals surface area contributed by atoms with Crippen LogP contribution in [0.5, 0.6) is 0 Å². The van der Waals surface area contributed by atoms with E-state index in [-0.39, 0.29) is 10.8 Å². The topological polar surface area (TPSA) is 26.0 Å². The highest BCUT2D eigenvalue weighted by Crippen LogP contribution is 2.50. The van der Waals surface area contributed by atoms with E-state index in [1.54, 1.807) is 0 Å². The standard InChI is InChI=1S/C11H17NO/c1-7-8-9(13-12-7)11(4,5)6-10(8,2)3/h6H2,1-5H3. The first-order valence-corrected chi connectivity index (χ1v) is 4.82. The van der Waals surface area contributed by atoms with Crippen molar-refractivity contribution < 1.29 is 4.52 Å². The van der Waals surface area contributed by atoms with Crippen molar-refractivity contribution in [1.82, 2.24) is 5.16 Å². The first kappa shape index (κ1) is 8.79. The molecule has 72 valence electrons. The van der Waals surface area contributed by atoms with Crippen LogP contribution >= 0.6 is 0 Å². The van der Waals surface area contributed by atoms with Gasteiger partial charge in [-0.1, -0.05) is 32.9 Å². The van der Waals surface area contributed by atoms with Crippen LogP contribution in [0.3, 0.4) is 0 Å². The second-order valence-electron chi connectivity index (χ2n) is 5.42. The van der Waals surface area contributed by atoms with Gasteiger partial charge in [-0.3, -0.25) is 0 Å². The predicted molar refractivity (Wildman–Crippen MR) is 51.9 cm³/mol. The second-order valence-corrected chi connectivity index (χ2v) is 5.42. The quantitative estimate of drug-likeness (QED) is 0.612. The van der Waals surface area contributed by atoms with Crippen LogP contribution in [-0.2, 0) is 10.8 Å². The Balaban J connectivity index is 2.67. The molecule has 0 saturated carbocycles. The first-order chi connectivity index (χ1) is 5.84. The summed E-state index contributed by atoms with van der Waals surface area (Å²) in [6.45, 7) is 11.0. The zero-order valence-corrected chi connectivity index (χ0v) is 9.06. The monoisotopic (exact) mass is 179 g/mol. The molecule has 2 heteroatoms. The van der Waals surface area contributed by atoms with Crippen LogP contribution in [0.4, 0.5) is 0 Å².